The van der Waals surface area contributed by atoms with E-state index in [1.54, 1.807) is 0 Å². The lowest BCUT2D eigenvalue weighted by Crippen LogP contribution is -2.37. The van der Waals surface area contributed by atoms with Crippen molar-refractivity contribution in [2.75, 3.05) is 47.5 Å². The number of hydrogen-bond donors (Lipinski definition) is 0. The van der Waals surface area contributed by atoms with E-state index in [0.717, 1.165) is 64.2 Å². The summed E-state index contributed by atoms with van der Waals surface area (Å²) in [7, 11) is 1.18. The molecule has 0 heterocycles. The van der Waals surface area contributed by atoms with Crippen LogP contribution in [0.4, 0.5) is 0 Å². The Morgan fingerprint density at radius 1 is 0.390 bits per heavy atom. The number of quaternary nitrogens is 1. The molecule has 0 aromatic heterocycles. The van der Waals surface area contributed by atoms with E-state index >= 15 is 0 Å². The highest BCUT2D eigenvalue weighted by atomic mass is 31.2. The molecule has 0 aromatic rings. The molecule has 0 saturated carbocycles. The number of ether oxygens (including phenoxy) is 2. The molecule has 0 aliphatic carbocycles. The number of unbranched alkanes of at least 4 members (excludes halogenated alkanes) is 41. The molecule has 0 aromatic carbocycles. The Balaban J connectivity index is 3.88. The number of likely N-dealkylation sites (N-methyl/N-ethyl adjacent to an activating group) is 1. The van der Waals surface area contributed by atoms with Gasteiger partial charge in [0.15, 0.2) is 6.10 Å². The smallest absolute Gasteiger partial charge is 0.306 e. The summed E-state index contributed by atoms with van der Waals surface area (Å²) in [6.07, 6.45) is 83.2. The van der Waals surface area contributed by atoms with E-state index in [2.05, 4.69) is 74.6 Å². The molecule has 0 saturated heterocycles. The van der Waals surface area contributed by atoms with Crippen LogP contribution in [0.15, 0.2) is 60.8 Å². The van der Waals surface area contributed by atoms with Crippen LogP contribution < -0.4 is 4.89 Å². The number of allylic oxidation sites excluding steroid dienone is 10. The highest BCUT2D eigenvalue weighted by Crippen LogP contribution is 2.38. The second kappa shape index (κ2) is 63.2. The summed E-state index contributed by atoms with van der Waals surface area (Å²) in [5.41, 5.74) is 0. The minimum Gasteiger partial charge on any atom is -0.756 e. The molecule has 0 spiro atoms. The zero-order valence-electron chi connectivity index (χ0n) is 54.7. The van der Waals surface area contributed by atoms with Crippen LogP contribution >= 0.6 is 7.82 Å². The van der Waals surface area contributed by atoms with Crippen molar-refractivity contribution in [1.29, 1.82) is 0 Å². The second-order valence-corrected chi connectivity index (χ2v) is 26.3. The molecule has 0 bridgehead atoms. The summed E-state index contributed by atoms with van der Waals surface area (Å²) in [5.74, 6) is -0.813. The number of hydrogen-bond acceptors (Lipinski definition) is 8. The number of esters is 2. The summed E-state index contributed by atoms with van der Waals surface area (Å²) < 4.78 is 34.3. The zero-order chi connectivity index (χ0) is 59.8. The van der Waals surface area contributed by atoms with Crippen molar-refractivity contribution in [2.45, 2.75) is 341 Å². The summed E-state index contributed by atoms with van der Waals surface area (Å²) in [6.45, 7) is 4.18. The Kier molecular flexibility index (Phi) is 61.5. The fourth-order valence-corrected chi connectivity index (χ4v) is 10.9. The topological polar surface area (TPSA) is 111 Å². The minimum absolute atomic E-state index is 0.0278. The van der Waals surface area contributed by atoms with Crippen LogP contribution in [-0.2, 0) is 32.7 Å². The van der Waals surface area contributed by atoms with Gasteiger partial charge in [0.05, 0.1) is 27.7 Å². The number of phosphoric acid groups is 1. The molecule has 2 unspecified atom stereocenters. The molecule has 0 aliphatic heterocycles. The third-order valence-corrected chi connectivity index (χ3v) is 16.5. The average molecular weight is 1170 g/mol. The maximum absolute atomic E-state index is 12.8. The normalized spacial score (nSPS) is 13.5. The zero-order valence-corrected chi connectivity index (χ0v) is 55.6. The lowest BCUT2D eigenvalue weighted by atomic mass is 10.0. The van der Waals surface area contributed by atoms with Gasteiger partial charge in [-0.05, 0) is 57.8 Å². The summed E-state index contributed by atoms with van der Waals surface area (Å²) in [6, 6.07) is 0. The van der Waals surface area contributed by atoms with Crippen LogP contribution in [0.25, 0.3) is 0 Å². The van der Waals surface area contributed by atoms with Crippen LogP contribution in [0.3, 0.4) is 0 Å². The molecule has 0 N–H and O–H groups in total. The maximum Gasteiger partial charge on any atom is 0.306 e. The van der Waals surface area contributed by atoms with Gasteiger partial charge in [0.25, 0.3) is 7.82 Å². The van der Waals surface area contributed by atoms with Crippen molar-refractivity contribution in [3.63, 3.8) is 0 Å². The van der Waals surface area contributed by atoms with E-state index in [1.807, 2.05) is 21.1 Å². The number of nitrogens with zero attached hydrogens (tertiary/aromatic N) is 1. The van der Waals surface area contributed by atoms with Crippen molar-refractivity contribution in [1.82, 2.24) is 0 Å². The molecule has 2 atom stereocenters. The van der Waals surface area contributed by atoms with Gasteiger partial charge >= 0.3 is 11.9 Å². The number of rotatable bonds is 65. The van der Waals surface area contributed by atoms with Gasteiger partial charge in [-0.3, -0.25) is 14.2 Å². The van der Waals surface area contributed by atoms with Crippen LogP contribution in [0, 0.1) is 0 Å². The summed E-state index contributed by atoms with van der Waals surface area (Å²) >= 11 is 0. The first kappa shape index (κ1) is 79.7. The SMILES string of the molecule is CC/C=C\C/C=C\C/C=C\C/C=C\C/C=C\CCCCCCCCCCCCCCCCCCCCCCCCCCCC(=O)OC(COC(=O)CCCCCCCCCCCCCCCCCCC)COP(=O)([O-])OCC[N+](C)(C)C. The average Bonchev–Trinajstić information content (AvgIpc) is 3.45. The molecule has 9 nitrogen and oxygen atoms in total. The molecular weight excluding hydrogens is 1040 g/mol. The largest absolute Gasteiger partial charge is 0.756 e. The Hall–Kier alpha value is -2.29. The Bertz CT molecular complexity index is 1570. The van der Waals surface area contributed by atoms with E-state index < -0.39 is 26.5 Å². The highest BCUT2D eigenvalue weighted by Gasteiger charge is 2.22. The first-order valence-electron chi connectivity index (χ1n) is 35.0. The van der Waals surface area contributed by atoms with E-state index in [0.29, 0.717) is 17.4 Å². The summed E-state index contributed by atoms with van der Waals surface area (Å²) in [5, 5.41) is 0. The third-order valence-electron chi connectivity index (χ3n) is 15.6. The lowest BCUT2D eigenvalue weighted by molar-refractivity contribution is -0.870. The van der Waals surface area contributed by atoms with Crippen molar-refractivity contribution in [2.24, 2.45) is 0 Å². The van der Waals surface area contributed by atoms with Gasteiger partial charge in [-0.1, -0.05) is 325 Å². The standard InChI is InChI=1S/C72H134NO8P/c1-6-8-10-12-14-16-18-20-22-24-25-26-27-28-29-30-31-32-33-34-35-36-37-38-39-40-41-42-43-44-45-46-47-49-51-53-55-57-59-61-63-65-72(75)81-70(69-80-82(76,77)79-67-66-73(3,4)5)68-78-71(74)64-62-60-58-56-54-52-50-48-23-21-19-17-15-13-11-9-7-2/h8,10,14,16,20,22,25-26,28-29,70H,6-7,9,11-13,15,17-19,21,23-24,27,30-69H2,1-5H3/b10-8-,16-14-,22-20-,26-25-,29-28-. The molecule has 0 amide bonds. The fraction of sp³-hybridized carbons (Fsp3) is 0.833. The van der Waals surface area contributed by atoms with Crippen molar-refractivity contribution in [3.8, 4) is 0 Å². The van der Waals surface area contributed by atoms with Crippen LogP contribution in [0.5, 0.6) is 0 Å². The third kappa shape index (κ3) is 66.8. The van der Waals surface area contributed by atoms with Gasteiger partial charge in [0, 0.05) is 12.8 Å². The minimum atomic E-state index is -4.63. The highest BCUT2D eigenvalue weighted by molar-refractivity contribution is 7.45. The summed E-state index contributed by atoms with van der Waals surface area (Å²) in [4.78, 5) is 38.0. The van der Waals surface area contributed by atoms with Gasteiger partial charge in [0.2, 0.25) is 0 Å². The Labute approximate surface area is 508 Å². The second-order valence-electron chi connectivity index (χ2n) is 24.9. The van der Waals surface area contributed by atoms with E-state index in [4.69, 9.17) is 18.5 Å². The molecule has 480 valence electrons. The van der Waals surface area contributed by atoms with Gasteiger partial charge in [-0.25, -0.2) is 0 Å². The predicted molar refractivity (Wildman–Crippen MR) is 351 cm³/mol. The fourth-order valence-electron chi connectivity index (χ4n) is 10.2. The van der Waals surface area contributed by atoms with Crippen molar-refractivity contribution in [3.05, 3.63) is 60.8 Å². The lowest BCUT2D eigenvalue weighted by Gasteiger charge is -2.28. The molecule has 82 heavy (non-hydrogen) atoms. The quantitative estimate of drug-likeness (QED) is 0.0195. The van der Waals surface area contributed by atoms with E-state index in [-0.39, 0.29) is 32.0 Å². The first-order chi connectivity index (χ1) is 40.0. The van der Waals surface area contributed by atoms with Crippen molar-refractivity contribution < 1.29 is 42.1 Å². The molecule has 10 heteroatoms. The van der Waals surface area contributed by atoms with Gasteiger partial charge in [-0.15, -0.1) is 0 Å². The Morgan fingerprint density at radius 2 is 0.695 bits per heavy atom. The van der Waals surface area contributed by atoms with Crippen LogP contribution in [-0.4, -0.2) is 70.0 Å². The van der Waals surface area contributed by atoms with Crippen molar-refractivity contribution >= 4 is 19.8 Å². The molecule has 0 aliphatic rings. The number of carbonyl (C=O) groups is 2. The predicted octanol–water partition coefficient (Wildman–Crippen LogP) is 22.0. The van der Waals surface area contributed by atoms with Gasteiger partial charge in [0.1, 0.15) is 19.8 Å². The van der Waals surface area contributed by atoms with Gasteiger partial charge < -0.3 is 27.9 Å². The first-order valence-corrected chi connectivity index (χ1v) is 36.5. The number of phosphoric ester groups is 1. The van der Waals surface area contributed by atoms with E-state index in [1.165, 1.54) is 238 Å². The van der Waals surface area contributed by atoms with E-state index in [9.17, 15) is 19.0 Å². The van der Waals surface area contributed by atoms with Crippen LogP contribution in [0.1, 0.15) is 335 Å². The Morgan fingerprint density at radius 3 is 1.04 bits per heavy atom. The van der Waals surface area contributed by atoms with Gasteiger partial charge in [-0.2, -0.15) is 0 Å². The molecule has 0 rings (SSSR count). The molecular formula is C72H134NO8P. The molecule has 0 fully saturated rings. The maximum atomic E-state index is 12.8. The number of carbonyl (C=O) groups excluding carboxylic acids is 2. The monoisotopic (exact) mass is 1170 g/mol. The van der Waals surface area contributed by atoms with Crippen LogP contribution in [0.2, 0.25) is 0 Å². The molecule has 0 radical (unpaired) electrons.